The number of nitrogens with one attached hydrogen (secondary N) is 1. The number of ether oxygens (including phenoxy) is 1. The zero-order valence-corrected chi connectivity index (χ0v) is 14.8. The van der Waals surface area contributed by atoms with Crippen LogP contribution in [0, 0.1) is 10.1 Å². The molecule has 2 aromatic rings. The van der Waals surface area contributed by atoms with Gasteiger partial charge in [0, 0.05) is 12.1 Å². The lowest BCUT2D eigenvalue weighted by Crippen LogP contribution is -2.22. The van der Waals surface area contributed by atoms with Gasteiger partial charge >= 0.3 is 6.18 Å². The van der Waals surface area contributed by atoms with Crippen molar-refractivity contribution in [3.63, 3.8) is 0 Å². The van der Waals surface area contributed by atoms with Gasteiger partial charge in [0.05, 0.1) is 27.6 Å². The van der Waals surface area contributed by atoms with Crippen LogP contribution in [0.1, 0.15) is 15.9 Å². The molecule has 0 saturated heterocycles. The topological polar surface area (TPSA) is 90.7 Å². The minimum atomic E-state index is -4.66. The van der Waals surface area contributed by atoms with E-state index in [0.717, 1.165) is 25.3 Å². The van der Waals surface area contributed by atoms with Crippen molar-refractivity contribution in [2.45, 2.75) is 6.18 Å². The number of carbonyl (C=O) groups excluding carboxylic acids is 1. The third-order valence-corrected chi connectivity index (χ3v) is 3.71. The van der Waals surface area contributed by atoms with Crippen LogP contribution in [0.5, 0.6) is 11.5 Å². The van der Waals surface area contributed by atoms with E-state index >= 15 is 0 Å². The highest BCUT2D eigenvalue weighted by atomic mass is 35.5. The minimum Gasteiger partial charge on any atom is -0.454 e. The smallest absolute Gasteiger partial charge is 0.416 e. The number of nitro groups is 1. The molecule has 0 bridgehead atoms. The average molecular weight is 425 g/mol. The number of hydroxylamine groups is 1. The van der Waals surface area contributed by atoms with Crippen molar-refractivity contribution < 1.29 is 32.5 Å². The van der Waals surface area contributed by atoms with Crippen molar-refractivity contribution in [3.05, 3.63) is 61.6 Å². The second kappa shape index (κ2) is 7.99. The molecule has 0 aliphatic rings. The molecule has 2 rings (SSSR count). The molecule has 1 amide bonds. The number of amides is 1. The first kappa shape index (κ1) is 20.7. The van der Waals surface area contributed by atoms with Crippen molar-refractivity contribution in [1.82, 2.24) is 5.48 Å². The monoisotopic (exact) mass is 424 g/mol. The van der Waals surface area contributed by atoms with Crippen LogP contribution in [0.4, 0.5) is 18.9 Å². The van der Waals surface area contributed by atoms with E-state index in [2.05, 4.69) is 4.84 Å². The van der Waals surface area contributed by atoms with Gasteiger partial charge in [0.1, 0.15) is 11.3 Å². The first-order valence-electron chi connectivity index (χ1n) is 6.90. The number of rotatable bonds is 5. The molecule has 0 spiro atoms. The fraction of sp³-hybridized carbons (Fsp3) is 0.133. The average Bonchev–Trinajstić information content (AvgIpc) is 2.57. The van der Waals surface area contributed by atoms with E-state index < -0.39 is 43.9 Å². The molecule has 0 atom stereocenters. The van der Waals surface area contributed by atoms with Crippen molar-refractivity contribution in [3.8, 4) is 11.5 Å². The van der Waals surface area contributed by atoms with E-state index in [1.54, 1.807) is 0 Å². The van der Waals surface area contributed by atoms with Crippen LogP contribution >= 0.6 is 23.2 Å². The predicted octanol–water partition coefficient (Wildman–Crippen LogP) is 5.00. The Balaban J connectivity index is 2.45. The molecule has 0 heterocycles. The van der Waals surface area contributed by atoms with Crippen LogP contribution in [0.2, 0.25) is 10.0 Å². The van der Waals surface area contributed by atoms with Crippen molar-refractivity contribution in [2.75, 3.05) is 7.11 Å². The molecule has 0 unspecified atom stereocenters. The van der Waals surface area contributed by atoms with Crippen LogP contribution in [0.15, 0.2) is 30.3 Å². The van der Waals surface area contributed by atoms with Crippen molar-refractivity contribution in [1.29, 1.82) is 0 Å². The van der Waals surface area contributed by atoms with Crippen LogP contribution in [-0.4, -0.2) is 17.9 Å². The maximum absolute atomic E-state index is 12.8. The second-order valence-electron chi connectivity index (χ2n) is 4.94. The molecule has 0 aromatic heterocycles. The summed E-state index contributed by atoms with van der Waals surface area (Å²) in [6, 6.07) is 4.34. The SMILES string of the molecule is CONC(=O)c1cc(Oc2c(Cl)cc(C(F)(F)F)cc2Cl)ccc1[N+](=O)[O-]. The van der Waals surface area contributed by atoms with Crippen LogP contribution in [0.25, 0.3) is 0 Å². The summed E-state index contributed by atoms with van der Waals surface area (Å²) < 4.78 is 43.6. The van der Waals surface area contributed by atoms with E-state index in [9.17, 15) is 28.1 Å². The van der Waals surface area contributed by atoms with Crippen LogP contribution in [0.3, 0.4) is 0 Å². The summed E-state index contributed by atoms with van der Waals surface area (Å²) in [5.41, 5.74) is -0.101. The standard InChI is InChI=1S/C15H9Cl2F3N2O5/c1-26-21-14(23)9-6-8(2-3-12(9)22(24)25)27-13-10(16)4-7(5-11(13)17)15(18,19)20/h2-6H,1H3,(H,21,23). The Bertz CT molecular complexity index is 883. The van der Waals surface area contributed by atoms with E-state index in [-0.39, 0.29) is 11.5 Å². The Morgan fingerprint density at radius 2 is 1.78 bits per heavy atom. The Morgan fingerprint density at radius 1 is 1.19 bits per heavy atom. The lowest BCUT2D eigenvalue weighted by atomic mass is 10.1. The highest BCUT2D eigenvalue weighted by molar-refractivity contribution is 6.37. The summed E-state index contributed by atoms with van der Waals surface area (Å²) in [4.78, 5) is 26.5. The Morgan fingerprint density at radius 3 is 2.26 bits per heavy atom. The molecule has 0 saturated carbocycles. The molecular weight excluding hydrogens is 416 g/mol. The van der Waals surface area contributed by atoms with E-state index in [1.165, 1.54) is 0 Å². The maximum Gasteiger partial charge on any atom is 0.416 e. The van der Waals surface area contributed by atoms with Crippen LogP contribution in [-0.2, 0) is 11.0 Å². The number of nitrogens with zero attached hydrogens (tertiary/aromatic N) is 1. The number of hydrogen-bond donors (Lipinski definition) is 1. The molecule has 1 N–H and O–H groups in total. The fourth-order valence-corrected chi connectivity index (χ4v) is 2.57. The number of hydrogen-bond acceptors (Lipinski definition) is 5. The fourth-order valence-electron chi connectivity index (χ4n) is 2.01. The third kappa shape index (κ3) is 4.79. The molecule has 0 aliphatic carbocycles. The van der Waals surface area contributed by atoms with Gasteiger partial charge in [-0.3, -0.25) is 19.7 Å². The number of halogens is 5. The lowest BCUT2D eigenvalue weighted by Gasteiger charge is -2.13. The van der Waals surface area contributed by atoms with E-state index in [1.807, 2.05) is 5.48 Å². The van der Waals surface area contributed by atoms with Crippen molar-refractivity contribution in [2.24, 2.45) is 0 Å². The molecule has 7 nitrogen and oxygen atoms in total. The molecule has 27 heavy (non-hydrogen) atoms. The quantitative estimate of drug-likeness (QED) is 0.538. The van der Waals surface area contributed by atoms with Crippen molar-refractivity contribution >= 4 is 34.8 Å². The first-order valence-corrected chi connectivity index (χ1v) is 7.66. The highest BCUT2D eigenvalue weighted by Gasteiger charge is 2.32. The largest absolute Gasteiger partial charge is 0.454 e. The summed E-state index contributed by atoms with van der Waals surface area (Å²) in [7, 11) is 1.13. The summed E-state index contributed by atoms with van der Waals surface area (Å²) in [6.45, 7) is 0. The summed E-state index contributed by atoms with van der Waals surface area (Å²) in [5, 5.41) is 10.2. The molecule has 0 aliphatic heterocycles. The zero-order valence-electron chi connectivity index (χ0n) is 13.3. The van der Waals surface area contributed by atoms with Gasteiger partial charge in [0.2, 0.25) is 0 Å². The Kier molecular flexibility index (Phi) is 6.14. The number of alkyl halides is 3. The maximum atomic E-state index is 12.8. The van der Waals surface area contributed by atoms with Gasteiger partial charge in [-0.25, -0.2) is 5.48 Å². The summed E-state index contributed by atoms with van der Waals surface area (Å²) >= 11 is 11.6. The van der Waals surface area contributed by atoms with Gasteiger partial charge in [-0.2, -0.15) is 13.2 Å². The number of benzene rings is 2. The zero-order chi connectivity index (χ0) is 20.4. The minimum absolute atomic E-state index is 0.120. The molecular formula is C15H9Cl2F3N2O5. The number of nitro benzene ring substituents is 1. The molecule has 2 aromatic carbocycles. The third-order valence-electron chi connectivity index (χ3n) is 3.15. The predicted molar refractivity (Wildman–Crippen MR) is 89.1 cm³/mol. The van der Waals surface area contributed by atoms with Gasteiger partial charge in [-0.15, -0.1) is 0 Å². The summed E-state index contributed by atoms with van der Waals surface area (Å²) in [5.74, 6) is -1.36. The normalized spacial score (nSPS) is 11.2. The van der Waals surface area contributed by atoms with Gasteiger partial charge in [0.15, 0.2) is 5.75 Å². The van der Waals surface area contributed by atoms with Gasteiger partial charge in [0.25, 0.3) is 11.6 Å². The first-order chi connectivity index (χ1) is 12.5. The second-order valence-corrected chi connectivity index (χ2v) is 5.75. The molecule has 0 radical (unpaired) electrons. The molecule has 0 fully saturated rings. The molecule has 144 valence electrons. The lowest BCUT2D eigenvalue weighted by molar-refractivity contribution is -0.385. The van der Waals surface area contributed by atoms with Gasteiger partial charge < -0.3 is 4.74 Å². The van der Waals surface area contributed by atoms with Gasteiger partial charge in [-0.1, -0.05) is 23.2 Å². The highest BCUT2D eigenvalue weighted by Crippen LogP contribution is 2.42. The summed E-state index contributed by atoms with van der Waals surface area (Å²) in [6.07, 6.45) is -4.66. The van der Waals surface area contributed by atoms with Gasteiger partial charge in [-0.05, 0) is 18.2 Å². The molecule has 12 heteroatoms. The Hall–Kier alpha value is -2.56. The Labute approximate surface area is 159 Å². The number of carbonyl (C=O) groups is 1. The van der Waals surface area contributed by atoms with E-state index in [4.69, 9.17) is 27.9 Å². The van der Waals surface area contributed by atoms with Crippen LogP contribution < -0.4 is 10.2 Å². The van der Waals surface area contributed by atoms with E-state index in [0.29, 0.717) is 12.1 Å².